The van der Waals surface area contributed by atoms with E-state index in [1.807, 2.05) is 0 Å². The number of ether oxygens (including phenoxy) is 3. The van der Waals surface area contributed by atoms with Crippen molar-refractivity contribution in [2.75, 3.05) is 37.7 Å². The molecule has 0 saturated carbocycles. The van der Waals surface area contributed by atoms with Crippen molar-refractivity contribution in [3.63, 3.8) is 0 Å². The van der Waals surface area contributed by atoms with E-state index in [0.29, 0.717) is 18.6 Å². The van der Waals surface area contributed by atoms with Crippen LogP contribution in [0.2, 0.25) is 10.0 Å². The third kappa shape index (κ3) is 5.63. The first-order chi connectivity index (χ1) is 20.0. The monoisotopic (exact) mass is 624 g/mol. The van der Waals surface area contributed by atoms with Crippen LogP contribution in [0.1, 0.15) is 17.5 Å². The number of nitrogens with one attached hydrogen (secondary N) is 2. The summed E-state index contributed by atoms with van der Waals surface area (Å²) in [4.78, 5) is 26.7. The molecule has 4 heterocycles. The van der Waals surface area contributed by atoms with Gasteiger partial charge in [0, 0.05) is 36.2 Å². The molecule has 0 aliphatic carbocycles. The lowest BCUT2D eigenvalue weighted by Gasteiger charge is -2.34. The van der Waals surface area contributed by atoms with Gasteiger partial charge in [0.25, 0.3) is 0 Å². The van der Waals surface area contributed by atoms with Crippen LogP contribution in [-0.4, -0.2) is 60.4 Å². The van der Waals surface area contributed by atoms with E-state index in [1.165, 1.54) is 32.6 Å². The third-order valence-corrected chi connectivity index (χ3v) is 7.63. The van der Waals surface area contributed by atoms with E-state index in [1.54, 1.807) is 4.90 Å². The fraction of sp³-hybridized carbons (Fsp3) is 0.333. The Hall–Kier alpha value is -3.81. The van der Waals surface area contributed by atoms with Crippen LogP contribution in [0, 0.1) is 0 Å². The number of carbonyl (C=O) groups is 1. The van der Waals surface area contributed by atoms with Crippen molar-refractivity contribution in [1.29, 1.82) is 0 Å². The van der Waals surface area contributed by atoms with Crippen LogP contribution in [0.5, 0.6) is 11.5 Å². The molecule has 0 bridgehead atoms. The quantitative estimate of drug-likeness (QED) is 0.334. The zero-order chi connectivity index (χ0) is 30.2. The number of amides is 1. The summed E-state index contributed by atoms with van der Waals surface area (Å²) < 4.78 is 57.8. The molecule has 0 radical (unpaired) electrons. The smallest absolute Gasteiger partial charge is 0.417 e. The molecule has 2 aromatic heterocycles. The van der Waals surface area contributed by atoms with Gasteiger partial charge in [-0.3, -0.25) is 4.79 Å². The average molecular weight is 625 g/mol. The summed E-state index contributed by atoms with van der Waals surface area (Å²) in [6.07, 6.45) is -0.719. The largest absolute Gasteiger partial charge is 0.495 e. The number of hydrogen-bond donors (Lipinski definition) is 2. The van der Waals surface area contributed by atoms with Crippen molar-refractivity contribution in [2.24, 2.45) is 0 Å². The van der Waals surface area contributed by atoms with Gasteiger partial charge in [0.05, 0.1) is 56.4 Å². The number of aromatic nitrogens is 3. The van der Waals surface area contributed by atoms with Crippen molar-refractivity contribution in [2.45, 2.75) is 31.2 Å². The van der Waals surface area contributed by atoms with Gasteiger partial charge in [-0.15, -0.1) is 0 Å². The average Bonchev–Trinajstić information content (AvgIpc) is 2.97. The molecule has 3 aromatic rings. The molecule has 222 valence electrons. The SMILES string of the molecule is C=CC(=O)N[C@H]1CCOC[C@H]1Nc1ncc2c(n1)-c1cc(C(F)(F)F)cnc1N(c1c(Cl)c(OC)cc(OC)c1Cl)C2. The van der Waals surface area contributed by atoms with Gasteiger partial charge < -0.3 is 29.7 Å². The van der Waals surface area contributed by atoms with E-state index in [4.69, 9.17) is 37.4 Å². The van der Waals surface area contributed by atoms with Gasteiger partial charge >= 0.3 is 6.18 Å². The Kier molecular flexibility index (Phi) is 8.35. The highest BCUT2D eigenvalue weighted by atomic mass is 35.5. The van der Waals surface area contributed by atoms with Crippen LogP contribution < -0.4 is 25.0 Å². The zero-order valence-corrected chi connectivity index (χ0v) is 23.9. The van der Waals surface area contributed by atoms with Crippen molar-refractivity contribution >= 4 is 46.6 Å². The maximum Gasteiger partial charge on any atom is 0.417 e. The number of nitrogens with zero attached hydrogens (tertiary/aromatic N) is 4. The van der Waals surface area contributed by atoms with Crippen LogP contribution in [-0.2, 0) is 22.3 Å². The lowest BCUT2D eigenvalue weighted by molar-refractivity contribution is -0.137. The van der Waals surface area contributed by atoms with Gasteiger partial charge in [0.1, 0.15) is 27.4 Å². The fourth-order valence-electron chi connectivity index (χ4n) is 4.83. The highest BCUT2D eigenvalue weighted by Crippen LogP contribution is 2.51. The predicted octanol–water partition coefficient (Wildman–Crippen LogP) is 5.40. The normalized spacial score (nSPS) is 18.0. The third-order valence-electron chi connectivity index (χ3n) is 6.90. The minimum atomic E-state index is -4.66. The molecule has 10 nitrogen and oxygen atoms in total. The van der Waals surface area contributed by atoms with Crippen LogP contribution >= 0.6 is 23.2 Å². The second-order valence-electron chi connectivity index (χ2n) is 9.44. The molecule has 0 spiro atoms. The summed E-state index contributed by atoms with van der Waals surface area (Å²) in [5.41, 5.74) is 0.0794. The summed E-state index contributed by atoms with van der Waals surface area (Å²) in [5.74, 6) is 0.423. The first kappa shape index (κ1) is 29.7. The summed E-state index contributed by atoms with van der Waals surface area (Å²) in [5, 5.41) is 6.23. The number of carbonyl (C=O) groups excluding carboxylic acids is 1. The fourth-order valence-corrected chi connectivity index (χ4v) is 5.53. The standard InChI is InChI=1S/C27H25Cl2F3N6O4/c1-4-20(39)35-16-5-6-42-12-17(16)36-26-34-9-13-11-38(24-21(28)18(40-2)8-19(41-3)22(24)29)25-15(23(13)37-26)7-14(10-33-25)27(30,31)32/h4,7-10,16-17H,1,5-6,11-12H2,2-3H3,(H,35,39)(H,34,36,37)/t16-,17+/m0/s1. The van der Waals surface area contributed by atoms with Gasteiger partial charge in [0.2, 0.25) is 11.9 Å². The molecule has 2 N–H and O–H groups in total. The Labute approximate surface area is 248 Å². The van der Waals surface area contributed by atoms with Gasteiger partial charge in [-0.2, -0.15) is 13.2 Å². The minimum absolute atomic E-state index is 0.0707. The predicted molar refractivity (Wildman–Crippen MR) is 151 cm³/mol. The van der Waals surface area contributed by atoms with Crippen LogP contribution in [0.15, 0.2) is 37.2 Å². The molecule has 1 amide bonds. The minimum Gasteiger partial charge on any atom is -0.495 e. The van der Waals surface area contributed by atoms with Gasteiger partial charge in [-0.1, -0.05) is 29.8 Å². The highest BCUT2D eigenvalue weighted by molar-refractivity contribution is 6.41. The van der Waals surface area contributed by atoms with E-state index < -0.39 is 17.8 Å². The number of alkyl halides is 3. The van der Waals surface area contributed by atoms with Gasteiger partial charge in [0.15, 0.2) is 0 Å². The van der Waals surface area contributed by atoms with E-state index in [2.05, 4.69) is 32.2 Å². The first-order valence-electron chi connectivity index (χ1n) is 12.6. The molecule has 1 aromatic carbocycles. The van der Waals surface area contributed by atoms with Crippen LogP contribution in [0.25, 0.3) is 11.3 Å². The molecule has 1 saturated heterocycles. The van der Waals surface area contributed by atoms with Crippen LogP contribution in [0.4, 0.5) is 30.6 Å². The molecular formula is C27H25Cl2F3N6O4. The summed E-state index contributed by atoms with van der Waals surface area (Å²) in [6.45, 7) is 4.25. The van der Waals surface area contributed by atoms with E-state index in [9.17, 15) is 18.0 Å². The number of rotatable bonds is 7. The summed E-state index contributed by atoms with van der Waals surface area (Å²) in [6, 6.07) is 1.77. The topological polar surface area (TPSA) is 111 Å². The van der Waals surface area contributed by atoms with Crippen molar-refractivity contribution in [3.05, 3.63) is 58.4 Å². The molecule has 2 aliphatic rings. The van der Waals surface area contributed by atoms with Crippen molar-refractivity contribution in [1.82, 2.24) is 20.3 Å². The maximum absolute atomic E-state index is 13.8. The molecule has 2 aliphatic heterocycles. The van der Waals surface area contributed by atoms with Crippen molar-refractivity contribution in [3.8, 4) is 22.8 Å². The number of fused-ring (bicyclic) bond motifs is 3. The molecule has 2 atom stereocenters. The first-order valence-corrected chi connectivity index (χ1v) is 13.4. The number of anilines is 3. The van der Waals surface area contributed by atoms with E-state index in [0.717, 1.165) is 12.3 Å². The molecular weight excluding hydrogens is 600 g/mol. The molecule has 5 rings (SSSR count). The Balaban J connectivity index is 1.60. The van der Waals surface area contributed by atoms with Crippen LogP contribution in [0.3, 0.4) is 0 Å². The second kappa shape index (κ2) is 11.8. The Bertz CT molecular complexity index is 1510. The van der Waals surface area contributed by atoms with Crippen molar-refractivity contribution < 1.29 is 32.2 Å². The molecule has 0 unspecified atom stereocenters. The molecule has 15 heteroatoms. The van der Waals surface area contributed by atoms with Gasteiger partial charge in [-0.05, 0) is 18.6 Å². The zero-order valence-electron chi connectivity index (χ0n) is 22.4. The summed E-state index contributed by atoms with van der Waals surface area (Å²) >= 11 is 13.3. The highest BCUT2D eigenvalue weighted by Gasteiger charge is 2.37. The number of pyridine rings is 1. The Morgan fingerprint density at radius 1 is 1.14 bits per heavy atom. The van der Waals surface area contributed by atoms with E-state index in [-0.39, 0.29) is 75.4 Å². The van der Waals surface area contributed by atoms with Gasteiger partial charge in [-0.25, -0.2) is 15.0 Å². The van der Waals surface area contributed by atoms with E-state index >= 15 is 0 Å². The number of hydrogen-bond acceptors (Lipinski definition) is 9. The molecule has 1 fully saturated rings. The lowest BCUT2D eigenvalue weighted by Crippen LogP contribution is -2.52. The Morgan fingerprint density at radius 2 is 1.86 bits per heavy atom. The number of benzene rings is 1. The second-order valence-corrected chi connectivity index (χ2v) is 10.2. The maximum atomic E-state index is 13.8. The Morgan fingerprint density at radius 3 is 2.50 bits per heavy atom. The number of methoxy groups -OCH3 is 2. The number of halogens is 5. The lowest BCUT2D eigenvalue weighted by atomic mass is 10.00. The molecule has 42 heavy (non-hydrogen) atoms. The summed E-state index contributed by atoms with van der Waals surface area (Å²) in [7, 11) is 2.83.